The van der Waals surface area contributed by atoms with Crippen LogP contribution in [0.25, 0.3) is 5.69 Å². The molecule has 1 aromatic carbocycles. The van der Waals surface area contributed by atoms with Crippen molar-refractivity contribution in [1.29, 1.82) is 0 Å². The number of rotatable bonds is 5. The molecule has 0 spiro atoms. The summed E-state index contributed by atoms with van der Waals surface area (Å²) in [6.45, 7) is 2.23. The summed E-state index contributed by atoms with van der Waals surface area (Å²) < 4.78 is 1.68. The largest absolute Gasteiger partial charge is 0.388 e. The van der Waals surface area contributed by atoms with Crippen LogP contribution in [0.15, 0.2) is 36.7 Å². The average molecular weight is 329 g/mol. The zero-order valence-electron chi connectivity index (χ0n) is 13.8. The van der Waals surface area contributed by atoms with Gasteiger partial charge in [-0.1, -0.05) is 30.2 Å². The van der Waals surface area contributed by atoms with Gasteiger partial charge in [-0.3, -0.25) is 0 Å². The number of carbonyl (C=O) groups is 1. The summed E-state index contributed by atoms with van der Waals surface area (Å²) in [5.41, 5.74) is 1.17. The van der Waals surface area contributed by atoms with E-state index in [1.807, 2.05) is 31.2 Å². The second-order valence-electron chi connectivity index (χ2n) is 6.42. The van der Waals surface area contributed by atoms with Gasteiger partial charge in [-0.05, 0) is 37.5 Å². The molecule has 1 heterocycles. The second kappa shape index (κ2) is 7.00. The first-order chi connectivity index (χ1) is 11.6. The Bertz CT molecular complexity index is 663. The number of urea groups is 1. The van der Waals surface area contributed by atoms with E-state index in [-0.39, 0.29) is 12.1 Å². The lowest BCUT2D eigenvalue weighted by molar-refractivity contribution is 0.0500. The SMILES string of the molecule is CC(NC(=O)NCC1(O)CCCC1)c1ccc(-n2ccnn2)cc1. The number of hydrogen-bond donors (Lipinski definition) is 3. The molecule has 1 saturated carbocycles. The lowest BCUT2D eigenvalue weighted by atomic mass is 10.0. The molecule has 0 bridgehead atoms. The Labute approximate surface area is 141 Å². The Hall–Kier alpha value is -2.41. The van der Waals surface area contributed by atoms with Gasteiger partial charge in [0.2, 0.25) is 0 Å². The molecule has 24 heavy (non-hydrogen) atoms. The third-order valence-corrected chi connectivity index (χ3v) is 4.54. The van der Waals surface area contributed by atoms with Gasteiger partial charge in [-0.2, -0.15) is 0 Å². The summed E-state index contributed by atoms with van der Waals surface area (Å²) in [6, 6.07) is 7.37. The lowest BCUT2D eigenvalue weighted by Crippen LogP contribution is -2.45. The minimum absolute atomic E-state index is 0.131. The maximum absolute atomic E-state index is 12.0. The Morgan fingerprint density at radius 3 is 2.67 bits per heavy atom. The maximum Gasteiger partial charge on any atom is 0.315 e. The second-order valence-corrected chi connectivity index (χ2v) is 6.42. The van der Waals surface area contributed by atoms with Crippen LogP contribution in [0.3, 0.4) is 0 Å². The highest BCUT2D eigenvalue weighted by atomic mass is 16.3. The van der Waals surface area contributed by atoms with E-state index in [1.165, 1.54) is 0 Å². The molecule has 1 aliphatic carbocycles. The van der Waals surface area contributed by atoms with Crippen molar-refractivity contribution in [3.05, 3.63) is 42.2 Å². The predicted molar refractivity (Wildman–Crippen MR) is 89.7 cm³/mol. The number of hydrogen-bond acceptors (Lipinski definition) is 4. The van der Waals surface area contributed by atoms with Crippen molar-refractivity contribution in [2.75, 3.05) is 6.54 Å². The highest BCUT2D eigenvalue weighted by Gasteiger charge is 2.31. The molecule has 3 rings (SSSR count). The Morgan fingerprint density at radius 1 is 1.33 bits per heavy atom. The van der Waals surface area contributed by atoms with E-state index in [0.717, 1.165) is 36.9 Å². The molecule has 1 fully saturated rings. The maximum atomic E-state index is 12.0. The summed E-state index contributed by atoms with van der Waals surface area (Å²) in [5, 5.41) is 23.7. The minimum atomic E-state index is -0.736. The van der Waals surface area contributed by atoms with Crippen LogP contribution in [0, 0.1) is 0 Å². The highest BCUT2D eigenvalue weighted by molar-refractivity contribution is 5.74. The first kappa shape index (κ1) is 16.4. The lowest BCUT2D eigenvalue weighted by Gasteiger charge is -2.23. The van der Waals surface area contributed by atoms with Gasteiger partial charge in [0.1, 0.15) is 0 Å². The van der Waals surface area contributed by atoms with Crippen molar-refractivity contribution in [3.63, 3.8) is 0 Å². The van der Waals surface area contributed by atoms with E-state index in [4.69, 9.17) is 0 Å². The Kier molecular flexibility index (Phi) is 4.80. The first-order valence-electron chi connectivity index (χ1n) is 8.29. The van der Waals surface area contributed by atoms with Crippen molar-refractivity contribution in [2.24, 2.45) is 0 Å². The van der Waals surface area contributed by atoms with Gasteiger partial charge in [0.15, 0.2) is 0 Å². The van der Waals surface area contributed by atoms with Gasteiger partial charge in [-0.15, -0.1) is 5.10 Å². The average Bonchev–Trinajstić information content (AvgIpc) is 3.25. The Morgan fingerprint density at radius 2 is 2.04 bits per heavy atom. The van der Waals surface area contributed by atoms with E-state index in [0.29, 0.717) is 6.54 Å². The summed E-state index contributed by atoms with van der Waals surface area (Å²) in [6.07, 6.45) is 6.96. The van der Waals surface area contributed by atoms with Crippen LogP contribution < -0.4 is 10.6 Å². The van der Waals surface area contributed by atoms with Gasteiger partial charge in [0, 0.05) is 6.54 Å². The summed E-state index contributed by atoms with van der Waals surface area (Å²) in [7, 11) is 0. The molecular weight excluding hydrogens is 306 g/mol. The normalized spacial score (nSPS) is 17.4. The Balaban J connectivity index is 1.52. The minimum Gasteiger partial charge on any atom is -0.388 e. The molecular formula is C17H23N5O2. The number of aliphatic hydroxyl groups is 1. The third-order valence-electron chi connectivity index (χ3n) is 4.54. The molecule has 2 amide bonds. The van der Waals surface area contributed by atoms with E-state index in [1.54, 1.807) is 17.1 Å². The fourth-order valence-electron chi connectivity index (χ4n) is 3.05. The zero-order valence-corrected chi connectivity index (χ0v) is 13.8. The standard InChI is InChI=1S/C17H23N5O2/c1-13(20-16(23)18-12-17(24)8-2-3-9-17)14-4-6-15(7-5-14)22-11-10-19-21-22/h4-7,10-11,13,24H,2-3,8-9,12H2,1H3,(H2,18,20,23). The van der Waals surface area contributed by atoms with Gasteiger partial charge in [0.05, 0.1) is 29.7 Å². The number of benzene rings is 1. The van der Waals surface area contributed by atoms with Crippen LogP contribution in [-0.4, -0.2) is 38.3 Å². The molecule has 2 aromatic rings. The van der Waals surface area contributed by atoms with Crippen LogP contribution in [0.5, 0.6) is 0 Å². The fourth-order valence-corrected chi connectivity index (χ4v) is 3.05. The van der Waals surface area contributed by atoms with Crippen LogP contribution >= 0.6 is 0 Å². The molecule has 1 aromatic heterocycles. The molecule has 3 N–H and O–H groups in total. The van der Waals surface area contributed by atoms with E-state index in [2.05, 4.69) is 20.9 Å². The number of nitrogens with zero attached hydrogens (tertiary/aromatic N) is 3. The highest BCUT2D eigenvalue weighted by Crippen LogP contribution is 2.28. The summed E-state index contributed by atoms with van der Waals surface area (Å²) in [4.78, 5) is 12.0. The number of carbonyl (C=O) groups excluding carboxylic acids is 1. The molecule has 0 aliphatic heterocycles. The molecule has 1 aliphatic rings. The molecule has 0 radical (unpaired) electrons. The van der Waals surface area contributed by atoms with Crippen LogP contribution in [0.4, 0.5) is 4.79 Å². The van der Waals surface area contributed by atoms with E-state index >= 15 is 0 Å². The molecule has 7 nitrogen and oxygen atoms in total. The van der Waals surface area contributed by atoms with Gasteiger partial charge in [0.25, 0.3) is 0 Å². The topological polar surface area (TPSA) is 92.1 Å². The van der Waals surface area contributed by atoms with Crippen molar-refractivity contribution in [1.82, 2.24) is 25.6 Å². The van der Waals surface area contributed by atoms with Crippen LogP contribution in [-0.2, 0) is 0 Å². The van der Waals surface area contributed by atoms with Crippen LogP contribution in [0.2, 0.25) is 0 Å². The molecule has 1 atom stereocenters. The third kappa shape index (κ3) is 3.91. The van der Waals surface area contributed by atoms with Gasteiger partial charge in [-0.25, -0.2) is 9.48 Å². The van der Waals surface area contributed by atoms with E-state index < -0.39 is 5.60 Å². The smallest absolute Gasteiger partial charge is 0.315 e. The predicted octanol–water partition coefficient (Wildman–Crippen LogP) is 1.93. The van der Waals surface area contributed by atoms with E-state index in [9.17, 15) is 9.90 Å². The fraction of sp³-hybridized carbons (Fsp3) is 0.471. The van der Waals surface area contributed by atoms with Crippen molar-refractivity contribution in [2.45, 2.75) is 44.2 Å². The quantitative estimate of drug-likeness (QED) is 0.781. The molecule has 0 saturated heterocycles. The number of amides is 2. The molecule has 1 unspecified atom stereocenters. The van der Waals surface area contributed by atoms with Crippen molar-refractivity contribution < 1.29 is 9.90 Å². The number of aromatic nitrogens is 3. The van der Waals surface area contributed by atoms with Crippen molar-refractivity contribution in [3.8, 4) is 5.69 Å². The van der Waals surface area contributed by atoms with Crippen molar-refractivity contribution >= 4 is 6.03 Å². The zero-order chi connectivity index (χ0) is 17.0. The van der Waals surface area contributed by atoms with Gasteiger partial charge < -0.3 is 15.7 Å². The molecule has 128 valence electrons. The monoisotopic (exact) mass is 329 g/mol. The first-order valence-corrected chi connectivity index (χ1v) is 8.29. The summed E-state index contributed by atoms with van der Waals surface area (Å²) in [5.74, 6) is 0. The molecule has 7 heteroatoms. The summed E-state index contributed by atoms with van der Waals surface area (Å²) >= 11 is 0. The van der Waals surface area contributed by atoms with Gasteiger partial charge >= 0.3 is 6.03 Å². The number of nitrogens with one attached hydrogen (secondary N) is 2. The van der Waals surface area contributed by atoms with Crippen LogP contribution in [0.1, 0.15) is 44.2 Å².